The van der Waals surface area contributed by atoms with E-state index in [2.05, 4.69) is 13.8 Å². The zero-order chi connectivity index (χ0) is 32.5. The molecule has 1 aliphatic heterocycles. The first-order valence-corrected chi connectivity index (χ1v) is 20.5. The second-order valence-electron chi connectivity index (χ2n) is 14.3. The van der Waals surface area contributed by atoms with Crippen molar-refractivity contribution in [1.29, 1.82) is 0 Å². The van der Waals surface area contributed by atoms with E-state index in [0.717, 1.165) is 44.6 Å². The lowest BCUT2D eigenvalue weighted by molar-refractivity contribution is -1.01. The van der Waals surface area contributed by atoms with Gasteiger partial charge in [-0.15, -0.1) is 0 Å². The van der Waals surface area contributed by atoms with Gasteiger partial charge >= 0.3 is 5.97 Å². The van der Waals surface area contributed by atoms with E-state index in [-0.39, 0.29) is 10.6 Å². The summed E-state index contributed by atoms with van der Waals surface area (Å²) in [7, 11) is 0. The van der Waals surface area contributed by atoms with E-state index in [4.69, 9.17) is 15.6 Å². The first-order valence-electron chi connectivity index (χ1n) is 20.5. The van der Waals surface area contributed by atoms with E-state index in [0.29, 0.717) is 19.5 Å². The number of rotatable bonds is 35. The molecule has 0 bridgehead atoms. The smallest absolute Gasteiger partial charge is 0.325 e. The van der Waals surface area contributed by atoms with Gasteiger partial charge in [0.1, 0.15) is 13.1 Å². The summed E-state index contributed by atoms with van der Waals surface area (Å²) in [5.41, 5.74) is 5.99. The van der Waals surface area contributed by atoms with Gasteiger partial charge in [0.05, 0.1) is 13.0 Å². The molecule has 1 rings (SSSR count). The fourth-order valence-electron chi connectivity index (χ4n) is 7.01. The Bertz CT molecular complexity index is 682. The largest absolute Gasteiger partial charge is 0.367 e. The van der Waals surface area contributed by atoms with Gasteiger partial charge in [0.25, 0.3) is 0 Å². The number of carbonyl (C=O) groups is 1. The Hall–Kier alpha value is -0.940. The van der Waals surface area contributed by atoms with Crippen molar-refractivity contribution in [3.05, 3.63) is 0 Å². The van der Waals surface area contributed by atoms with Gasteiger partial charge in [-0.05, 0) is 12.8 Å². The fourth-order valence-corrected chi connectivity index (χ4v) is 7.01. The molecule has 0 saturated carbocycles. The Balaban J connectivity index is 2.05. The highest BCUT2D eigenvalue weighted by atomic mass is 16.7. The van der Waals surface area contributed by atoms with Crippen LogP contribution in [0.1, 0.15) is 219 Å². The van der Waals surface area contributed by atoms with Gasteiger partial charge in [0.15, 0.2) is 0 Å². The Labute approximate surface area is 281 Å². The third-order valence-electron chi connectivity index (χ3n) is 9.98. The van der Waals surface area contributed by atoms with E-state index >= 15 is 0 Å². The summed E-state index contributed by atoms with van der Waals surface area (Å²) < 4.78 is 0.271. The van der Waals surface area contributed by atoms with E-state index in [1.54, 1.807) is 0 Å². The zero-order valence-corrected chi connectivity index (χ0v) is 30.7. The summed E-state index contributed by atoms with van der Waals surface area (Å²) in [6.07, 6.45) is 42.1. The molecule has 0 spiro atoms. The summed E-state index contributed by atoms with van der Waals surface area (Å²) in [5.74, 6) is 0.990. The van der Waals surface area contributed by atoms with E-state index < -0.39 is 0 Å². The third-order valence-corrected chi connectivity index (χ3v) is 9.98. The van der Waals surface area contributed by atoms with Crippen molar-refractivity contribution in [2.24, 2.45) is 10.7 Å². The number of aliphatic imine (C=N–C) groups is 1. The minimum atomic E-state index is -0.0655. The molecule has 0 fully saturated rings. The van der Waals surface area contributed by atoms with Crippen molar-refractivity contribution >= 4 is 11.8 Å². The second kappa shape index (κ2) is 31.6. The summed E-state index contributed by atoms with van der Waals surface area (Å²) in [6.45, 7) is 7.26. The molecule has 1 atom stereocenters. The Kier molecular flexibility index (Phi) is 29.6. The van der Waals surface area contributed by atoms with Crippen molar-refractivity contribution in [2.75, 3.05) is 26.2 Å². The van der Waals surface area contributed by atoms with Crippen molar-refractivity contribution in [3.63, 3.8) is 0 Å². The summed E-state index contributed by atoms with van der Waals surface area (Å²) in [4.78, 5) is 23.8. The van der Waals surface area contributed by atoms with Crippen LogP contribution < -0.4 is 5.73 Å². The lowest BCUT2D eigenvalue weighted by atomic mass is 10.0. The minimum absolute atomic E-state index is 0.0655. The van der Waals surface area contributed by atoms with Gasteiger partial charge < -0.3 is 5.73 Å². The monoisotopic (exact) mass is 635 g/mol. The minimum Gasteiger partial charge on any atom is -0.325 e. The topological polar surface area (TPSA) is 64.7 Å². The maximum absolute atomic E-state index is 12.8. The Morgan fingerprint density at radius 1 is 0.578 bits per heavy atom. The highest BCUT2D eigenvalue weighted by Gasteiger charge is 2.42. The summed E-state index contributed by atoms with van der Waals surface area (Å²) in [6, 6.07) is 0. The predicted octanol–water partition coefficient (Wildman–Crippen LogP) is 12.2. The van der Waals surface area contributed by atoms with Crippen LogP contribution in [0.3, 0.4) is 0 Å². The molecule has 1 aliphatic rings. The van der Waals surface area contributed by atoms with Crippen LogP contribution in [-0.4, -0.2) is 42.6 Å². The van der Waals surface area contributed by atoms with Gasteiger partial charge in [-0.2, -0.15) is 0 Å². The molecule has 0 aliphatic carbocycles. The lowest BCUT2D eigenvalue weighted by Crippen LogP contribution is -2.54. The Morgan fingerprint density at radius 2 is 0.933 bits per heavy atom. The van der Waals surface area contributed by atoms with Gasteiger partial charge in [0.2, 0.25) is 5.84 Å². The summed E-state index contributed by atoms with van der Waals surface area (Å²) in [5, 5.41) is 0. The molecule has 5 nitrogen and oxygen atoms in total. The molecule has 5 heteroatoms. The van der Waals surface area contributed by atoms with Crippen LogP contribution in [0.15, 0.2) is 4.99 Å². The van der Waals surface area contributed by atoms with Crippen LogP contribution >= 0.6 is 0 Å². The molecule has 266 valence electrons. The second-order valence-corrected chi connectivity index (χ2v) is 14.3. The van der Waals surface area contributed by atoms with Gasteiger partial charge in [-0.1, -0.05) is 198 Å². The quantitative estimate of drug-likeness (QED) is 0.0557. The number of carbonyl (C=O) groups excluding carboxylic acids is 1. The fraction of sp³-hybridized carbons (Fsp3) is 0.950. The van der Waals surface area contributed by atoms with E-state index in [1.807, 2.05) is 0 Å². The standard InChI is InChI=1S/C40H80N3O2/c1-3-5-7-9-11-13-15-17-19-21-23-25-27-29-31-33-39-42-36-38-43(39,37-35-41)45-40(44)34-32-30-28-26-24-22-20-18-16-14-12-10-8-6-4-2/h3-38,41H2,1-2H3/q+1. The van der Waals surface area contributed by atoms with Crippen LogP contribution in [0.2, 0.25) is 0 Å². The zero-order valence-electron chi connectivity index (χ0n) is 30.7. The number of nitrogens with zero attached hydrogens (tertiary/aromatic N) is 2. The van der Waals surface area contributed by atoms with Crippen molar-refractivity contribution < 1.29 is 14.3 Å². The number of hydrogen-bond acceptors (Lipinski definition) is 4. The predicted molar refractivity (Wildman–Crippen MR) is 197 cm³/mol. The number of hydroxylamine groups is 3. The molecule has 0 saturated heterocycles. The van der Waals surface area contributed by atoms with Crippen molar-refractivity contribution in [1.82, 2.24) is 0 Å². The molecule has 1 unspecified atom stereocenters. The van der Waals surface area contributed by atoms with Crippen molar-refractivity contribution in [2.45, 2.75) is 219 Å². The number of quaternary nitrogens is 1. The molecular weight excluding hydrogens is 554 g/mol. The first kappa shape index (κ1) is 42.1. The molecule has 0 radical (unpaired) electrons. The highest BCUT2D eigenvalue weighted by Crippen LogP contribution is 2.23. The summed E-state index contributed by atoms with van der Waals surface area (Å²) >= 11 is 0. The van der Waals surface area contributed by atoms with Gasteiger partial charge in [0, 0.05) is 13.0 Å². The number of amidine groups is 1. The average molecular weight is 635 g/mol. The molecule has 1 heterocycles. The number of nitrogens with two attached hydrogens (primary N) is 1. The molecule has 45 heavy (non-hydrogen) atoms. The molecule has 0 amide bonds. The van der Waals surface area contributed by atoms with Gasteiger partial charge in [-0.25, -0.2) is 9.79 Å². The van der Waals surface area contributed by atoms with E-state index in [1.165, 1.54) is 173 Å². The van der Waals surface area contributed by atoms with Crippen LogP contribution in [0.25, 0.3) is 0 Å². The van der Waals surface area contributed by atoms with Crippen LogP contribution in [0, 0.1) is 0 Å². The molecule has 2 N–H and O–H groups in total. The van der Waals surface area contributed by atoms with Gasteiger partial charge in [-0.3, -0.25) is 4.84 Å². The first-order chi connectivity index (χ1) is 22.2. The van der Waals surface area contributed by atoms with Crippen molar-refractivity contribution in [3.8, 4) is 0 Å². The maximum atomic E-state index is 12.8. The molecular formula is C40H80N3O2+. The van der Waals surface area contributed by atoms with E-state index in [9.17, 15) is 4.79 Å². The normalized spacial score (nSPS) is 16.4. The SMILES string of the molecule is CCCCCCCCCCCCCCCCCC(=O)O[N+]1(CCN)CCN=C1CCCCCCCCCCCCCCCCC. The van der Waals surface area contributed by atoms with Crippen LogP contribution in [-0.2, 0) is 9.63 Å². The van der Waals surface area contributed by atoms with Crippen LogP contribution in [0.4, 0.5) is 0 Å². The average Bonchev–Trinajstić information content (AvgIpc) is 3.42. The van der Waals surface area contributed by atoms with Crippen LogP contribution in [0.5, 0.6) is 0 Å². The molecule has 0 aromatic carbocycles. The molecule has 0 aromatic rings. The third kappa shape index (κ3) is 23.9. The number of unbranched alkanes of at least 4 members (excludes halogenated alkanes) is 28. The highest BCUT2D eigenvalue weighted by molar-refractivity contribution is 5.78. The lowest BCUT2D eigenvalue weighted by Gasteiger charge is -2.30. The number of hydrogen-bond donors (Lipinski definition) is 1. The maximum Gasteiger partial charge on any atom is 0.367 e. The Morgan fingerprint density at radius 3 is 1.31 bits per heavy atom. The molecule has 0 aromatic heterocycles.